The smallest absolute Gasteiger partial charge is 0.254 e. The van der Waals surface area contributed by atoms with Crippen LogP contribution in [-0.2, 0) is 4.74 Å². The van der Waals surface area contributed by atoms with Crippen LogP contribution < -0.4 is 4.74 Å². The summed E-state index contributed by atoms with van der Waals surface area (Å²) in [5, 5.41) is 0. The van der Waals surface area contributed by atoms with Crippen molar-refractivity contribution in [2.75, 3.05) is 19.8 Å². The molecule has 28 heavy (non-hydrogen) atoms. The Labute approximate surface area is 163 Å². The van der Waals surface area contributed by atoms with Gasteiger partial charge in [-0.1, -0.05) is 36.4 Å². The van der Waals surface area contributed by atoms with E-state index in [1.54, 1.807) is 36.8 Å². The van der Waals surface area contributed by atoms with Gasteiger partial charge in [0.05, 0.1) is 12.6 Å². The minimum atomic E-state index is -0.302. The first kappa shape index (κ1) is 18.1. The molecule has 0 radical (unpaired) electrons. The summed E-state index contributed by atoms with van der Waals surface area (Å²) in [5.74, 6) is 0.498. The lowest BCUT2D eigenvalue weighted by Gasteiger charge is -2.41. The molecule has 0 saturated carbocycles. The zero-order valence-electron chi connectivity index (χ0n) is 15.3. The van der Waals surface area contributed by atoms with Crippen LogP contribution in [0, 0.1) is 0 Å². The van der Waals surface area contributed by atoms with Crippen molar-refractivity contribution in [3.63, 3.8) is 0 Å². The average molecular weight is 375 g/mol. The van der Waals surface area contributed by atoms with Crippen LogP contribution in [0.25, 0.3) is 0 Å². The standard InChI is InChI=1S/C22H21N3O3/c26-22(18-9-12-23-13-10-18)25-14-15-27-19(16-28-20-8-4-5-11-24-20)21(25)17-6-2-1-3-7-17/h1-13,19,21H,14-16H2/t19-,21-/m0/s1. The van der Waals surface area contributed by atoms with Crippen molar-refractivity contribution in [1.29, 1.82) is 0 Å². The summed E-state index contributed by atoms with van der Waals surface area (Å²) >= 11 is 0. The number of amides is 1. The first-order chi connectivity index (χ1) is 13.8. The van der Waals surface area contributed by atoms with Gasteiger partial charge in [0.2, 0.25) is 5.88 Å². The second-order valence-electron chi connectivity index (χ2n) is 6.48. The molecule has 3 aromatic rings. The average Bonchev–Trinajstić information content (AvgIpc) is 2.79. The Morgan fingerprint density at radius 1 is 1.04 bits per heavy atom. The Balaban J connectivity index is 1.60. The molecule has 0 aliphatic carbocycles. The highest BCUT2D eigenvalue weighted by atomic mass is 16.5. The van der Waals surface area contributed by atoms with Gasteiger partial charge >= 0.3 is 0 Å². The molecule has 1 amide bonds. The number of aromatic nitrogens is 2. The fourth-order valence-electron chi connectivity index (χ4n) is 3.41. The molecule has 0 N–H and O–H groups in total. The van der Waals surface area contributed by atoms with Crippen LogP contribution in [-0.4, -0.2) is 46.6 Å². The molecule has 1 saturated heterocycles. The zero-order chi connectivity index (χ0) is 19.2. The maximum Gasteiger partial charge on any atom is 0.254 e. The SMILES string of the molecule is O=C(c1ccncc1)N1CCO[C@@H](COc2ccccn2)[C@@H]1c1ccccc1. The van der Waals surface area contributed by atoms with Crippen molar-refractivity contribution >= 4 is 5.91 Å². The van der Waals surface area contributed by atoms with Crippen molar-refractivity contribution in [2.45, 2.75) is 12.1 Å². The number of benzene rings is 1. The monoisotopic (exact) mass is 375 g/mol. The summed E-state index contributed by atoms with van der Waals surface area (Å²) < 4.78 is 11.9. The Morgan fingerprint density at radius 2 is 1.82 bits per heavy atom. The van der Waals surface area contributed by atoms with Gasteiger partial charge in [-0.2, -0.15) is 0 Å². The van der Waals surface area contributed by atoms with E-state index in [4.69, 9.17) is 9.47 Å². The van der Waals surface area contributed by atoms with Crippen LogP contribution in [0.2, 0.25) is 0 Å². The predicted molar refractivity (Wildman–Crippen MR) is 104 cm³/mol. The molecule has 0 spiro atoms. The Kier molecular flexibility index (Phi) is 5.58. The number of rotatable bonds is 5. The fraction of sp³-hybridized carbons (Fsp3) is 0.227. The molecule has 2 atom stereocenters. The molecule has 1 fully saturated rings. The maximum absolute atomic E-state index is 13.2. The summed E-state index contributed by atoms with van der Waals surface area (Å²) in [4.78, 5) is 23.3. The minimum Gasteiger partial charge on any atom is -0.475 e. The predicted octanol–water partition coefficient (Wildman–Crippen LogP) is 3.14. The van der Waals surface area contributed by atoms with Crippen molar-refractivity contribution in [3.05, 3.63) is 90.4 Å². The fourth-order valence-corrected chi connectivity index (χ4v) is 3.41. The van der Waals surface area contributed by atoms with E-state index < -0.39 is 0 Å². The van der Waals surface area contributed by atoms with Gasteiger partial charge in [0.25, 0.3) is 5.91 Å². The molecule has 6 heteroatoms. The molecular weight excluding hydrogens is 354 g/mol. The summed E-state index contributed by atoms with van der Waals surface area (Å²) in [6.07, 6.45) is 4.65. The first-order valence-electron chi connectivity index (χ1n) is 9.24. The van der Waals surface area contributed by atoms with Crippen LogP contribution in [0.1, 0.15) is 22.0 Å². The Bertz CT molecular complexity index is 891. The zero-order valence-corrected chi connectivity index (χ0v) is 15.3. The lowest BCUT2D eigenvalue weighted by Crippen LogP contribution is -2.50. The Hall–Kier alpha value is -3.25. The molecule has 6 nitrogen and oxygen atoms in total. The number of morpholine rings is 1. The number of hydrogen-bond donors (Lipinski definition) is 0. The van der Waals surface area contributed by atoms with Crippen molar-refractivity contribution in [2.24, 2.45) is 0 Å². The van der Waals surface area contributed by atoms with Crippen LogP contribution in [0.4, 0.5) is 0 Å². The topological polar surface area (TPSA) is 64.6 Å². The van der Waals surface area contributed by atoms with E-state index in [2.05, 4.69) is 9.97 Å². The molecular formula is C22H21N3O3. The number of pyridine rings is 2. The van der Waals surface area contributed by atoms with Gasteiger partial charge in [-0.3, -0.25) is 9.78 Å². The van der Waals surface area contributed by atoms with E-state index in [1.807, 2.05) is 47.4 Å². The highest BCUT2D eigenvalue weighted by Gasteiger charge is 2.37. The third-order valence-corrected chi connectivity index (χ3v) is 4.71. The molecule has 1 aromatic carbocycles. The molecule has 2 aromatic heterocycles. The lowest BCUT2D eigenvalue weighted by atomic mass is 9.97. The second-order valence-corrected chi connectivity index (χ2v) is 6.48. The highest BCUT2D eigenvalue weighted by Crippen LogP contribution is 2.31. The molecule has 4 rings (SSSR count). The molecule has 1 aliphatic heterocycles. The third-order valence-electron chi connectivity index (χ3n) is 4.71. The van der Waals surface area contributed by atoms with Gasteiger partial charge < -0.3 is 14.4 Å². The van der Waals surface area contributed by atoms with Gasteiger partial charge in [0.15, 0.2) is 0 Å². The lowest BCUT2D eigenvalue weighted by molar-refractivity contribution is -0.0774. The van der Waals surface area contributed by atoms with Crippen molar-refractivity contribution in [3.8, 4) is 5.88 Å². The normalized spacial score (nSPS) is 19.2. The van der Waals surface area contributed by atoms with Gasteiger partial charge in [-0.25, -0.2) is 4.98 Å². The Morgan fingerprint density at radius 3 is 2.57 bits per heavy atom. The molecule has 1 aliphatic rings. The van der Waals surface area contributed by atoms with Crippen LogP contribution in [0.3, 0.4) is 0 Å². The largest absolute Gasteiger partial charge is 0.475 e. The minimum absolute atomic E-state index is 0.0395. The quantitative estimate of drug-likeness (QED) is 0.685. The van der Waals surface area contributed by atoms with E-state index in [0.29, 0.717) is 31.2 Å². The van der Waals surface area contributed by atoms with Gasteiger partial charge in [-0.05, 0) is 23.8 Å². The van der Waals surface area contributed by atoms with Gasteiger partial charge in [0, 0.05) is 36.8 Å². The molecule has 0 unspecified atom stereocenters. The highest BCUT2D eigenvalue weighted by molar-refractivity contribution is 5.94. The summed E-state index contributed by atoms with van der Waals surface area (Å²) in [7, 11) is 0. The number of ether oxygens (including phenoxy) is 2. The molecule has 0 bridgehead atoms. The van der Waals surface area contributed by atoms with E-state index >= 15 is 0 Å². The van der Waals surface area contributed by atoms with E-state index in [-0.39, 0.29) is 18.1 Å². The summed E-state index contributed by atoms with van der Waals surface area (Å²) in [6.45, 7) is 1.27. The van der Waals surface area contributed by atoms with E-state index in [9.17, 15) is 4.79 Å². The summed E-state index contributed by atoms with van der Waals surface area (Å²) in [5.41, 5.74) is 1.63. The number of nitrogens with zero attached hydrogens (tertiary/aromatic N) is 3. The molecule has 3 heterocycles. The van der Waals surface area contributed by atoms with Crippen molar-refractivity contribution in [1.82, 2.24) is 14.9 Å². The van der Waals surface area contributed by atoms with Crippen LogP contribution in [0.15, 0.2) is 79.3 Å². The van der Waals surface area contributed by atoms with Crippen LogP contribution in [0.5, 0.6) is 5.88 Å². The van der Waals surface area contributed by atoms with Crippen molar-refractivity contribution < 1.29 is 14.3 Å². The molecule has 142 valence electrons. The van der Waals surface area contributed by atoms with Gasteiger partial charge in [0.1, 0.15) is 12.7 Å². The number of hydrogen-bond acceptors (Lipinski definition) is 5. The van der Waals surface area contributed by atoms with Crippen LogP contribution >= 0.6 is 0 Å². The maximum atomic E-state index is 13.2. The van der Waals surface area contributed by atoms with E-state index in [0.717, 1.165) is 5.56 Å². The van der Waals surface area contributed by atoms with E-state index in [1.165, 1.54) is 0 Å². The first-order valence-corrected chi connectivity index (χ1v) is 9.24. The summed E-state index contributed by atoms with van der Waals surface area (Å²) in [6, 6.07) is 18.7. The third kappa shape index (κ3) is 4.02. The number of carbonyl (C=O) groups excluding carboxylic acids is 1. The second kappa shape index (κ2) is 8.63. The van der Waals surface area contributed by atoms with Gasteiger partial charge in [-0.15, -0.1) is 0 Å². The number of carbonyl (C=O) groups is 1.